The largest absolute Gasteiger partial charge is 0.345 e. The summed E-state index contributed by atoms with van der Waals surface area (Å²) in [7, 11) is 0. The van der Waals surface area contributed by atoms with Gasteiger partial charge < -0.3 is 14.8 Å². The number of rotatable bonds is 6. The third-order valence-electron chi connectivity index (χ3n) is 5.76. The Morgan fingerprint density at radius 2 is 1.84 bits per heavy atom. The smallest absolute Gasteiger partial charge is 0.252 e. The van der Waals surface area contributed by atoms with E-state index in [9.17, 15) is 9.59 Å². The fourth-order valence-corrected chi connectivity index (χ4v) is 5.12. The van der Waals surface area contributed by atoms with Crippen LogP contribution in [0, 0.1) is 0 Å². The molecule has 0 saturated carbocycles. The Morgan fingerprint density at radius 3 is 2.77 bits per heavy atom. The van der Waals surface area contributed by atoms with Gasteiger partial charge in [-0.15, -0.1) is 22.0 Å². The maximum absolute atomic E-state index is 12.8. The molecule has 0 radical (unpaired) electrons. The van der Waals surface area contributed by atoms with Gasteiger partial charge >= 0.3 is 0 Å². The van der Waals surface area contributed by atoms with Crippen LogP contribution in [0.1, 0.15) is 34.0 Å². The second-order valence-electron chi connectivity index (χ2n) is 7.68. The summed E-state index contributed by atoms with van der Waals surface area (Å²) < 4.78 is 2.08. The highest BCUT2D eigenvalue weighted by atomic mass is 32.2. The predicted octanol–water partition coefficient (Wildman–Crippen LogP) is 2.84. The number of nitrogens with one attached hydrogen (secondary N) is 1. The van der Waals surface area contributed by atoms with E-state index >= 15 is 0 Å². The lowest BCUT2D eigenvalue weighted by Gasteiger charge is -2.17. The molecule has 2 aliphatic heterocycles. The summed E-state index contributed by atoms with van der Waals surface area (Å²) >= 11 is 1.40. The maximum atomic E-state index is 12.8. The zero-order chi connectivity index (χ0) is 21.2. The normalized spacial score (nSPS) is 14.4. The SMILES string of the molecule is O=C(NCc1nnc2n1CCC2)c1ccccc1SCC(=O)N1CCc2ccccc21. The van der Waals surface area contributed by atoms with E-state index in [4.69, 9.17) is 0 Å². The Labute approximate surface area is 184 Å². The molecule has 2 amide bonds. The molecular weight excluding hydrogens is 410 g/mol. The average molecular weight is 434 g/mol. The second kappa shape index (κ2) is 8.55. The van der Waals surface area contributed by atoms with Crippen LogP contribution in [0.25, 0.3) is 0 Å². The number of para-hydroxylation sites is 1. The van der Waals surface area contributed by atoms with E-state index in [1.807, 2.05) is 41.3 Å². The number of hydrogen-bond donors (Lipinski definition) is 1. The number of aromatic nitrogens is 3. The summed E-state index contributed by atoms with van der Waals surface area (Å²) in [4.78, 5) is 28.3. The van der Waals surface area contributed by atoms with Crippen LogP contribution in [0.2, 0.25) is 0 Å². The Hall–Kier alpha value is -3.13. The number of carbonyl (C=O) groups is 2. The summed E-state index contributed by atoms with van der Waals surface area (Å²) in [5, 5.41) is 11.3. The Bertz CT molecular complexity index is 1140. The van der Waals surface area contributed by atoms with E-state index in [2.05, 4.69) is 26.1 Å². The summed E-state index contributed by atoms with van der Waals surface area (Å²) in [6, 6.07) is 15.4. The van der Waals surface area contributed by atoms with Crippen LogP contribution in [-0.2, 0) is 30.7 Å². The molecule has 0 fully saturated rings. The number of fused-ring (bicyclic) bond motifs is 2. The van der Waals surface area contributed by atoms with E-state index in [0.29, 0.717) is 18.7 Å². The number of amides is 2. The van der Waals surface area contributed by atoms with Crippen molar-refractivity contribution in [3.8, 4) is 0 Å². The van der Waals surface area contributed by atoms with E-state index in [0.717, 1.165) is 48.0 Å². The van der Waals surface area contributed by atoms with Crippen molar-refractivity contribution in [3.05, 3.63) is 71.3 Å². The van der Waals surface area contributed by atoms with Gasteiger partial charge in [0.05, 0.1) is 17.9 Å². The molecule has 5 rings (SSSR count). The quantitative estimate of drug-likeness (QED) is 0.605. The van der Waals surface area contributed by atoms with Crippen molar-refractivity contribution in [2.45, 2.75) is 37.2 Å². The molecule has 0 atom stereocenters. The van der Waals surface area contributed by atoms with Crippen LogP contribution in [0.4, 0.5) is 5.69 Å². The average Bonchev–Trinajstić information content (AvgIpc) is 3.52. The van der Waals surface area contributed by atoms with Crippen LogP contribution >= 0.6 is 11.8 Å². The van der Waals surface area contributed by atoms with Crippen molar-refractivity contribution in [1.29, 1.82) is 0 Å². The third-order valence-corrected chi connectivity index (χ3v) is 6.82. The number of nitrogens with zero attached hydrogens (tertiary/aromatic N) is 4. The minimum absolute atomic E-state index is 0.0594. The summed E-state index contributed by atoms with van der Waals surface area (Å²) in [6.07, 6.45) is 2.90. The standard InChI is InChI=1S/C23H23N5O2S/c29-22(27-13-11-16-6-1-3-8-18(16)27)15-31-19-9-4-2-7-17(19)23(30)24-14-21-26-25-20-10-5-12-28(20)21/h1-4,6-9H,5,10-15H2,(H,24,30). The van der Waals surface area contributed by atoms with Crippen molar-refractivity contribution in [2.24, 2.45) is 0 Å². The molecule has 0 bridgehead atoms. The van der Waals surface area contributed by atoms with Gasteiger partial charge in [-0.3, -0.25) is 9.59 Å². The molecule has 1 N–H and O–H groups in total. The van der Waals surface area contributed by atoms with Gasteiger partial charge in [0.25, 0.3) is 5.91 Å². The number of anilines is 1. The summed E-state index contributed by atoms with van der Waals surface area (Å²) in [6.45, 7) is 1.96. The fourth-order valence-electron chi connectivity index (χ4n) is 4.19. The monoisotopic (exact) mass is 433 g/mol. The molecule has 8 heteroatoms. The number of benzene rings is 2. The molecule has 1 aromatic heterocycles. The number of thioether (sulfide) groups is 1. The van der Waals surface area contributed by atoms with Gasteiger partial charge in [-0.05, 0) is 36.6 Å². The highest BCUT2D eigenvalue weighted by Gasteiger charge is 2.24. The van der Waals surface area contributed by atoms with Crippen LogP contribution in [-0.4, -0.2) is 38.9 Å². The van der Waals surface area contributed by atoms with E-state index in [1.165, 1.54) is 17.3 Å². The first-order valence-electron chi connectivity index (χ1n) is 10.5. The molecule has 0 aliphatic carbocycles. The maximum Gasteiger partial charge on any atom is 0.252 e. The number of carbonyl (C=O) groups excluding carboxylic acids is 2. The third kappa shape index (κ3) is 3.95. The minimum Gasteiger partial charge on any atom is -0.345 e. The fraction of sp³-hybridized carbons (Fsp3) is 0.304. The Morgan fingerprint density at radius 1 is 1.00 bits per heavy atom. The molecule has 31 heavy (non-hydrogen) atoms. The summed E-state index contributed by atoms with van der Waals surface area (Å²) in [5.41, 5.74) is 2.78. The zero-order valence-electron chi connectivity index (χ0n) is 17.1. The first kappa shape index (κ1) is 19.8. The Balaban J connectivity index is 1.23. The highest BCUT2D eigenvalue weighted by molar-refractivity contribution is 8.00. The number of aryl methyl sites for hydroxylation is 1. The predicted molar refractivity (Wildman–Crippen MR) is 119 cm³/mol. The minimum atomic E-state index is -0.169. The molecule has 0 unspecified atom stereocenters. The molecule has 158 valence electrons. The molecule has 0 spiro atoms. The van der Waals surface area contributed by atoms with Crippen molar-refractivity contribution >= 4 is 29.3 Å². The molecule has 3 heterocycles. The molecule has 2 aromatic carbocycles. The van der Waals surface area contributed by atoms with Gasteiger partial charge in [0.15, 0.2) is 5.82 Å². The van der Waals surface area contributed by atoms with Crippen LogP contribution < -0.4 is 10.2 Å². The zero-order valence-corrected chi connectivity index (χ0v) is 17.9. The van der Waals surface area contributed by atoms with Gasteiger partial charge in [0.1, 0.15) is 5.82 Å². The Kier molecular flexibility index (Phi) is 5.46. The first-order chi connectivity index (χ1) is 15.2. The molecule has 7 nitrogen and oxygen atoms in total. The van der Waals surface area contributed by atoms with Crippen LogP contribution in [0.15, 0.2) is 53.4 Å². The van der Waals surface area contributed by atoms with Gasteiger partial charge in [0.2, 0.25) is 5.91 Å². The number of hydrogen-bond acceptors (Lipinski definition) is 5. The molecule has 3 aromatic rings. The highest BCUT2D eigenvalue weighted by Crippen LogP contribution is 2.29. The van der Waals surface area contributed by atoms with E-state index < -0.39 is 0 Å². The molecule has 2 aliphatic rings. The lowest BCUT2D eigenvalue weighted by Crippen LogP contribution is -2.30. The van der Waals surface area contributed by atoms with Gasteiger partial charge in [-0.25, -0.2) is 0 Å². The van der Waals surface area contributed by atoms with Gasteiger partial charge in [0, 0.05) is 30.1 Å². The molecular formula is C23H23N5O2S. The molecule has 0 saturated heterocycles. The van der Waals surface area contributed by atoms with Crippen molar-refractivity contribution in [1.82, 2.24) is 20.1 Å². The van der Waals surface area contributed by atoms with Crippen molar-refractivity contribution in [3.63, 3.8) is 0 Å². The van der Waals surface area contributed by atoms with Gasteiger partial charge in [-0.1, -0.05) is 30.3 Å². The topological polar surface area (TPSA) is 80.1 Å². The van der Waals surface area contributed by atoms with Crippen LogP contribution in [0.3, 0.4) is 0 Å². The lowest BCUT2D eigenvalue weighted by molar-refractivity contribution is -0.116. The second-order valence-corrected chi connectivity index (χ2v) is 8.70. The first-order valence-corrected chi connectivity index (χ1v) is 11.5. The lowest BCUT2D eigenvalue weighted by atomic mass is 10.2. The van der Waals surface area contributed by atoms with Gasteiger partial charge in [-0.2, -0.15) is 0 Å². The van der Waals surface area contributed by atoms with Crippen LogP contribution in [0.5, 0.6) is 0 Å². The van der Waals surface area contributed by atoms with Crippen molar-refractivity contribution in [2.75, 3.05) is 17.2 Å². The van der Waals surface area contributed by atoms with Crippen molar-refractivity contribution < 1.29 is 9.59 Å². The van der Waals surface area contributed by atoms with E-state index in [1.54, 1.807) is 6.07 Å². The van der Waals surface area contributed by atoms with E-state index in [-0.39, 0.29) is 17.6 Å². The summed E-state index contributed by atoms with van der Waals surface area (Å²) in [5.74, 6) is 1.95.